The molecule has 0 aliphatic carbocycles. The van der Waals surface area contributed by atoms with E-state index in [9.17, 15) is 9.59 Å². The van der Waals surface area contributed by atoms with E-state index >= 15 is 0 Å². The van der Waals surface area contributed by atoms with Gasteiger partial charge in [0.2, 0.25) is 5.91 Å². The Kier molecular flexibility index (Phi) is 3.85. The third kappa shape index (κ3) is 2.57. The van der Waals surface area contributed by atoms with Crippen molar-refractivity contribution < 1.29 is 9.21 Å². The molecule has 5 nitrogen and oxygen atoms in total. The van der Waals surface area contributed by atoms with Gasteiger partial charge in [-0.25, -0.2) is 4.79 Å². The van der Waals surface area contributed by atoms with Crippen LogP contribution in [-0.2, 0) is 11.3 Å². The number of halogens is 1. The van der Waals surface area contributed by atoms with Crippen LogP contribution in [0.25, 0.3) is 11.1 Å². The van der Waals surface area contributed by atoms with Crippen molar-refractivity contribution in [3.8, 4) is 0 Å². The molecule has 22 heavy (non-hydrogen) atoms. The number of anilines is 1. The van der Waals surface area contributed by atoms with Crippen LogP contribution in [0, 0.1) is 0 Å². The highest BCUT2D eigenvalue weighted by atomic mass is 79.9. The zero-order valence-electron chi connectivity index (χ0n) is 11.8. The number of rotatable bonds is 3. The van der Waals surface area contributed by atoms with Crippen molar-refractivity contribution in [3.63, 3.8) is 0 Å². The minimum Gasteiger partial charge on any atom is -0.406 e. The number of aromatic nitrogens is 1. The Bertz CT molecular complexity index is 883. The number of carbonyl (C=O) groups excluding carboxylic acids is 1. The predicted octanol–water partition coefficient (Wildman–Crippen LogP) is 3.02. The number of benzene rings is 2. The molecular formula is C16H13BrN2O3. The van der Waals surface area contributed by atoms with Gasteiger partial charge in [-0.15, -0.1) is 0 Å². The van der Waals surface area contributed by atoms with Crippen molar-refractivity contribution in [2.24, 2.45) is 0 Å². The Morgan fingerprint density at radius 3 is 2.64 bits per heavy atom. The zero-order chi connectivity index (χ0) is 15.7. The van der Waals surface area contributed by atoms with Crippen LogP contribution in [0.4, 0.5) is 5.69 Å². The van der Waals surface area contributed by atoms with Crippen LogP contribution < -0.4 is 10.7 Å². The second kappa shape index (κ2) is 5.81. The van der Waals surface area contributed by atoms with Crippen molar-refractivity contribution >= 4 is 38.6 Å². The molecule has 0 saturated heterocycles. The summed E-state index contributed by atoms with van der Waals surface area (Å²) in [5.74, 6) is -0.743. The van der Waals surface area contributed by atoms with Gasteiger partial charge in [-0.3, -0.25) is 9.36 Å². The molecule has 0 atom stereocenters. The average molecular weight is 361 g/mol. The Labute approximate surface area is 134 Å². The zero-order valence-corrected chi connectivity index (χ0v) is 13.4. The van der Waals surface area contributed by atoms with Gasteiger partial charge in [0.15, 0.2) is 5.58 Å². The quantitative estimate of drug-likeness (QED) is 0.721. The van der Waals surface area contributed by atoms with Crippen molar-refractivity contribution in [1.82, 2.24) is 4.57 Å². The fourth-order valence-corrected chi connectivity index (χ4v) is 2.68. The van der Waals surface area contributed by atoms with Crippen LogP contribution in [0.5, 0.6) is 0 Å². The summed E-state index contributed by atoms with van der Waals surface area (Å²) in [4.78, 5) is 25.9. The number of nitrogens with zero attached hydrogens (tertiary/aromatic N) is 2. The number of carbonyl (C=O) groups is 1. The monoisotopic (exact) mass is 360 g/mol. The summed E-state index contributed by atoms with van der Waals surface area (Å²) in [6, 6.07) is 14.6. The molecule has 0 saturated carbocycles. The Morgan fingerprint density at radius 1 is 1.18 bits per heavy atom. The molecule has 0 fully saturated rings. The molecule has 1 aromatic heterocycles. The molecule has 3 rings (SSSR count). The van der Waals surface area contributed by atoms with Gasteiger partial charge in [-0.1, -0.05) is 24.3 Å². The largest absolute Gasteiger partial charge is 0.420 e. The smallest absolute Gasteiger partial charge is 0.406 e. The van der Waals surface area contributed by atoms with Gasteiger partial charge in [0.05, 0.1) is 9.99 Å². The maximum atomic E-state index is 12.4. The molecule has 0 spiro atoms. The second-order valence-electron chi connectivity index (χ2n) is 4.83. The second-order valence-corrected chi connectivity index (χ2v) is 5.68. The summed E-state index contributed by atoms with van der Waals surface area (Å²) in [5.41, 5.74) is 1.81. The molecule has 1 amide bonds. The summed E-state index contributed by atoms with van der Waals surface area (Å²) in [7, 11) is 1.68. The van der Waals surface area contributed by atoms with E-state index in [1.807, 2.05) is 30.3 Å². The van der Waals surface area contributed by atoms with E-state index in [4.69, 9.17) is 4.42 Å². The molecule has 0 radical (unpaired) electrons. The topological polar surface area (TPSA) is 55.5 Å². The number of fused-ring (bicyclic) bond motifs is 1. The van der Waals surface area contributed by atoms with Crippen molar-refractivity contribution in [2.75, 3.05) is 11.9 Å². The number of para-hydroxylation sites is 2. The summed E-state index contributed by atoms with van der Waals surface area (Å²) >= 11 is 3.33. The summed E-state index contributed by atoms with van der Waals surface area (Å²) in [6.07, 6.45) is 0. The normalized spacial score (nSPS) is 10.8. The Hall–Kier alpha value is -2.34. The lowest BCUT2D eigenvalue weighted by Gasteiger charge is -2.17. The highest BCUT2D eigenvalue weighted by Crippen LogP contribution is 2.23. The van der Waals surface area contributed by atoms with E-state index in [-0.39, 0.29) is 12.5 Å². The minimum absolute atomic E-state index is 0.0757. The molecule has 0 aliphatic heterocycles. The molecule has 1 heterocycles. The number of hydrogen-bond donors (Lipinski definition) is 0. The van der Waals surface area contributed by atoms with E-state index in [0.29, 0.717) is 15.6 Å². The molecular weight excluding hydrogens is 348 g/mol. The predicted molar refractivity (Wildman–Crippen MR) is 88.0 cm³/mol. The summed E-state index contributed by atoms with van der Waals surface area (Å²) < 4.78 is 7.23. The summed E-state index contributed by atoms with van der Waals surface area (Å²) in [6.45, 7) is -0.0757. The van der Waals surface area contributed by atoms with Crippen molar-refractivity contribution in [2.45, 2.75) is 6.54 Å². The molecule has 0 N–H and O–H groups in total. The first-order valence-corrected chi connectivity index (χ1v) is 7.46. The van der Waals surface area contributed by atoms with Crippen LogP contribution in [0.3, 0.4) is 0 Å². The van der Waals surface area contributed by atoms with Gasteiger partial charge < -0.3 is 9.32 Å². The fourth-order valence-electron chi connectivity index (χ4n) is 2.24. The third-order valence-electron chi connectivity index (χ3n) is 3.46. The van der Waals surface area contributed by atoms with Gasteiger partial charge >= 0.3 is 5.76 Å². The number of amides is 1. The van der Waals surface area contributed by atoms with Gasteiger partial charge in [-0.05, 0) is 40.2 Å². The van der Waals surface area contributed by atoms with Gasteiger partial charge in [0.1, 0.15) is 6.54 Å². The third-order valence-corrected chi connectivity index (χ3v) is 4.08. The van der Waals surface area contributed by atoms with E-state index in [0.717, 1.165) is 5.69 Å². The maximum Gasteiger partial charge on any atom is 0.420 e. The lowest BCUT2D eigenvalue weighted by atomic mass is 10.3. The lowest BCUT2D eigenvalue weighted by Crippen LogP contribution is -2.32. The van der Waals surface area contributed by atoms with E-state index in [2.05, 4.69) is 15.9 Å². The van der Waals surface area contributed by atoms with Crippen LogP contribution >= 0.6 is 15.9 Å². The maximum absolute atomic E-state index is 12.4. The molecule has 6 heteroatoms. The van der Waals surface area contributed by atoms with Crippen LogP contribution in [-0.4, -0.2) is 17.5 Å². The lowest BCUT2D eigenvalue weighted by molar-refractivity contribution is -0.118. The average Bonchev–Trinajstić information content (AvgIpc) is 2.85. The molecule has 112 valence electrons. The molecule has 0 bridgehead atoms. The van der Waals surface area contributed by atoms with Crippen molar-refractivity contribution in [3.05, 3.63) is 63.6 Å². The first kappa shape index (κ1) is 14.6. The molecule has 3 aromatic rings. The Morgan fingerprint density at radius 2 is 1.91 bits per heavy atom. The van der Waals surface area contributed by atoms with Crippen LogP contribution in [0.2, 0.25) is 0 Å². The number of likely N-dealkylation sites (N-methyl/N-ethyl adjacent to an activating group) is 1. The highest BCUT2D eigenvalue weighted by Gasteiger charge is 2.17. The number of hydrogen-bond acceptors (Lipinski definition) is 3. The molecule has 0 aliphatic rings. The fraction of sp³-hybridized carbons (Fsp3) is 0.125. The van der Waals surface area contributed by atoms with Gasteiger partial charge in [-0.2, -0.15) is 0 Å². The van der Waals surface area contributed by atoms with E-state index in [1.165, 1.54) is 9.47 Å². The Balaban J connectivity index is 1.94. The van der Waals surface area contributed by atoms with E-state index in [1.54, 1.807) is 25.2 Å². The first-order chi connectivity index (χ1) is 10.6. The van der Waals surface area contributed by atoms with E-state index < -0.39 is 5.76 Å². The highest BCUT2D eigenvalue weighted by molar-refractivity contribution is 9.10. The first-order valence-electron chi connectivity index (χ1n) is 6.67. The SMILES string of the molecule is CN(C(=O)Cn1c(=O)oc2c(Br)cccc21)c1ccccc1. The standard InChI is InChI=1S/C16H13BrN2O3/c1-18(11-6-3-2-4-7-11)14(20)10-19-13-9-5-8-12(17)15(13)22-16(19)21/h2-9H,10H2,1H3. The minimum atomic E-state index is -0.545. The summed E-state index contributed by atoms with van der Waals surface area (Å²) in [5, 5.41) is 0. The van der Waals surface area contributed by atoms with Gasteiger partial charge in [0, 0.05) is 12.7 Å². The van der Waals surface area contributed by atoms with Crippen LogP contribution in [0.1, 0.15) is 0 Å². The van der Waals surface area contributed by atoms with Gasteiger partial charge in [0.25, 0.3) is 0 Å². The number of oxazole rings is 1. The molecule has 0 unspecified atom stereocenters. The van der Waals surface area contributed by atoms with Crippen molar-refractivity contribution in [1.29, 1.82) is 0 Å². The van der Waals surface area contributed by atoms with Crippen LogP contribution in [0.15, 0.2) is 62.2 Å². The molecule has 2 aromatic carbocycles.